The zero-order valence-electron chi connectivity index (χ0n) is 11.5. The molecule has 0 atom stereocenters. The van der Waals surface area contributed by atoms with E-state index in [-0.39, 0.29) is 0 Å². The molecule has 1 aliphatic rings. The van der Waals surface area contributed by atoms with E-state index < -0.39 is 0 Å². The first kappa shape index (κ1) is 13.6. The smallest absolute Gasteiger partial charge is 0.0441 e. The summed E-state index contributed by atoms with van der Waals surface area (Å²) in [4.78, 5) is 0. The van der Waals surface area contributed by atoms with Crippen molar-refractivity contribution in [3.8, 4) is 0 Å². The van der Waals surface area contributed by atoms with Gasteiger partial charge in [-0.25, -0.2) is 0 Å². The molecule has 1 N–H and O–H groups in total. The highest BCUT2D eigenvalue weighted by molar-refractivity contribution is 6.31. The van der Waals surface area contributed by atoms with Gasteiger partial charge in [-0.15, -0.1) is 0 Å². The van der Waals surface area contributed by atoms with Crippen LogP contribution < -0.4 is 5.32 Å². The van der Waals surface area contributed by atoms with Gasteiger partial charge in [-0.2, -0.15) is 0 Å². The van der Waals surface area contributed by atoms with Crippen LogP contribution in [0.3, 0.4) is 0 Å². The van der Waals surface area contributed by atoms with Gasteiger partial charge in [-0.1, -0.05) is 49.2 Å². The Kier molecular flexibility index (Phi) is 4.47. The van der Waals surface area contributed by atoms with E-state index in [0.29, 0.717) is 5.92 Å². The van der Waals surface area contributed by atoms with Crippen LogP contribution in [0.1, 0.15) is 37.8 Å². The van der Waals surface area contributed by atoms with Crippen molar-refractivity contribution in [2.45, 2.75) is 39.7 Å². The first-order valence-electron chi connectivity index (χ1n) is 6.76. The predicted molar refractivity (Wildman–Crippen MR) is 80.0 cm³/mol. The molecule has 0 amide bonds. The Labute approximate surface area is 115 Å². The van der Waals surface area contributed by atoms with Gasteiger partial charge in [0.25, 0.3) is 0 Å². The van der Waals surface area contributed by atoms with Crippen molar-refractivity contribution < 1.29 is 0 Å². The third kappa shape index (κ3) is 3.86. The van der Waals surface area contributed by atoms with Crippen molar-refractivity contribution in [2.24, 2.45) is 5.92 Å². The average molecular weight is 264 g/mol. The highest BCUT2D eigenvalue weighted by Gasteiger charge is 2.20. The lowest BCUT2D eigenvalue weighted by molar-refractivity contribution is 0.662. The zero-order chi connectivity index (χ0) is 13.1. The third-order valence-corrected chi connectivity index (χ3v) is 3.87. The van der Waals surface area contributed by atoms with Gasteiger partial charge in [-0.05, 0) is 42.9 Å². The van der Waals surface area contributed by atoms with Crippen LogP contribution in [0.2, 0.25) is 5.02 Å². The number of hydrogen-bond donors (Lipinski definition) is 1. The summed E-state index contributed by atoms with van der Waals surface area (Å²) in [5.41, 5.74) is 3.78. The number of aryl methyl sites for hydroxylation is 1. The molecule has 1 aliphatic carbocycles. The van der Waals surface area contributed by atoms with Gasteiger partial charge >= 0.3 is 0 Å². The Balaban J connectivity index is 2.11. The van der Waals surface area contributed by atoms with Crippen molar-refractivity contribution in [2.75, 3.05) is 6.54 Å². The molecule has 2 rings (SSSR count). The normalized spacial score (nSPS) is 16.4. The second-order valence-electron chi connectivity index (χ2n) is 5.54. The van der Waals surface area contributed by atoms with Gasteiger partial charge < -0.3 is 5.32 Å². The standard InChI is InChI=1S/C16H22ClN/c1-11(2)14(10-18-15-6-7-15)8-13-5-4-12(3)16(17)9-13/h4-5,8-9,11,15,18H,6-7,10H2,1-3H3/b14-8+. The molecule has 0 aliphatic heterocycles. The van der Waals surface area contributed by atoms with Gasteiger partial charge in [0.15, 0.2) is 0 Å². The summed E-state index contributed by atoms with van der Waals surface area (Å²) in [6.07, 6.45) is 4.94. The van der Waals surface area contributed by atoms with Crippen LogP contribution in [-0.2, 0) is 0 Å². The van der Waals surface area contributed by atoms with Crippen LogP contribution in [0, 0.1) is 12.8 Å². The van der Waals surface area contributed by atoms with Crippen molar-refractivity contribution in [1.82, 2.24) is 5.32 Å². The molecular weight excluding hydrogens is 242 g/mol. The maximum Gasteiger partial charge on any atom is 0.0441 e. The van der Waals surface area contributed by atoms with Crippen LogP contribution in [0.25, 0.3) is 6.08 Å². The summed E-state index contributed by atoms with van der Waals surface area (Å²) in [7, 11) is 0. The summed E-state index contributed by atoms with van der Waals surface area (Å²) in [5, 5.41) is 4.43. The highest BCUT2D eigenvalue weighted by Crippen LogP contribution is 2.22. The molecule has 0 heterocycles. The Hall–Kier alpha value is -0.790. The summed E-state index contributed by atoms with van der Waals surface area (Å²) in [6.45, 7) is 7.52. The topological polar surface area (TPSA) is 12.0 Å². The van der Waals surface area contributed by atoms with E-state index in [1.165, 1.54) is 24.0 Å². The quantitative estimate of drug-likeness (QED) is 0.828. The molecule has 1 aromatic rings. The maximum absolute atomic E-state index is 6.17. The molecule has 98 valence electrons. The summed E-state index contributed by atoms with van der Waals surface area (Å²) in [5.74, 6) is 0.566. The number of halogens is 1. The largest absolute Gasteiger partial charge is 0.310 e. The van der Waals surface area contributed by atoms with Gasteiger partial charge in [0.05, 0.1) is 0 Å². The zero-order valence-corrected chi connectivity index (χ0v) is 12.2. The lowest BCUT2D eigenvalue weighted by Crippen LogP contribution is -2.21. The molecule has 0 radical (unpaired) electrons. The van der Waals surface area contributed by atoms with Crippen LogP contribution in [0.15, 0.2) is 23.8 Å². The molecule has 1 saturated carbocycles. The SMILES string of the molecule is Cc1ccc(/C=C(\CNC2CC2)C(C)C)cc1Cl. The van der Waals surface area contributed by atoms with E-state index in [4.69, 9.17) is 11.6 Å². The third-order valence-electron chi connectivity index (χ3n) is 3.46. The fourth-order valence-corrected chi connectivity index (χ4v) is 2.07. The molecule has 1 fully saturated rings. The Bertz CT molecular complexity index is 444. The summed E-state index contributed by atoms with van der Waals surface area (Å²) < 4.78 is 0. The van der Waals surface area contributed by atoms with Crippen LogP contribution >= 0.6 is 11.6 Å². The van der Waals surface area contributed by atoms with E-state index in [0.717, 1.165) is 23.2 Å². The number of hydrogen-bond acceptors (Lipinski definition) is 1. The maximum atomic E-state index is 6.17. The van der Waals surface area contributed by atoms with Crippen molar-refractivity contribution in [3.05, 3.63) is 39.9 Å². The molecule has 0 saturated heterocycles. The fourth-order valence-electron chi connectivity index (χ4n) is 1.88. The van der Waals surface area contributed by atoms with Crippen LogP contribution in [-0.4, -0.2) is 12.6 Å². The predicted octanol–water partition coefficient (Wildman–Crippen LogP) is 4.44. The highest BCUT2D eigenvalue weighted by atomic mass is 35.5. The van der Waals surface area contributed by atoms with Gasteiger partial charge in [-0.3, -0.25) is 0 Å². The number of benzene rings is 1. The molecular formula is C16H22ClN. The minimum Gasteiger partial charge on any atom is -0.310 e. The van der Waals surface area contributed by atoms with E-state index in [1.54, 1.807) is 0 Å². The molecule has 18 heavy (non-hydrogen) atoms. The summed E-state index contributed by atoms with van der Waals surface area (Å²) in [6, 6.07) is 7.03. The first-order valence-corrected chi connectivity index (χ1v) is 7.14. The molecule has 0 aromatic heterocycles. The van der Waals surface area contributed by atoms with Gasteiger partial charge in [0.1, 0.15) is 0 Å². The van der Waals surface area contributed by atoms with Crippen LogP contribution in [0.4, 0.5) is 0 Å². The monoisotopic (exact) mass is 263 g/mol. The van der Waals surface area contributed by atoms with Gasteiger partial charge in [0, 0.05) is 17.6 Å². The Morgan fingerprint density at radius 1 is 1.44 bits per heavy atom. The fraction of sp³-hybridized carbons (Fsp3) is 0.500. The minimum atomic E-state index is 0.566. The lowest BCUT2D eigenvalue weighted by Gasteiger charge is -2.13. The molecule has 0 bridgehead atoms. The first-order chi connectivity index (χ1) is 8.56. The second kappa shape index (κ2) is 5.90. The second-order valence-corrected chi connectivity index (χ2v) is 5.94. The van der Waals surface area contributed by atoms with Crippen molar-refractivity contribution in [3.63, 3.8) is 0 Å². The van der Waals surface area contributed by atoms with E-state index in [9.17, 15) is 0 Å². The average Bonchev–Trinajstić information content (AvgIpc) is 3.12. The van der Waals surface area contributed by atoms with E-state index in [1.807, 2.05) is 6.92 Å². The Morgan fingerprint density at radius 3 is 2.72 bits per heavy atom. The number of rotatable bonds is 5. The molecule has 2 heteroatoms. The molecule has 1 aromatic carbocycles. The number of nitrogens with one attached hydrogen (secondary N) is 1. The van der Waals surface area contributed by atoms with Crippen molar-refractivity contribution in [1.29, 1.82) is 0 Å². The Morgan fingerprint density at radius 2 is 2.17 bits per heavy atom. The minimum absolute atomic E-state index is 0.566. The molecule has 1 nitrogen and oxygen atoms in total. The summed E-state index contributed by atoms with van der Waals surface area (Å²) >= 11 is 6.17. The van der Waals surface area contributed by atoms with Crippen LogP contribution in [0.5, 0.6) is 0 Å². The van der Waals surface area contributed by atoms with Crippen molar-refractivity contribution >= 4 is 17.7 Å². The van der Waals surface area contributed by atoms with E-state index in [2.05, 4.69) is 43.4 Å². The van der Waals surface area contributed by atoms with Gasteiger partial charge in [0.2, 0.25) is 0 Å². The van der Waals surface area contributed by atoms with E-state index >= 15 is 0 Å². The molecule has 0 unspecified atom stereocenters. The molecule has 0 spiro atoms. The lowest BCUT2D eigenvalue weighted by atomic mass is 9.99.